The van der Waals surface area contributed by atoms with Crippen molar-refractivity contribution in [1.82, 2.24) is 5.32 Å². The molecule has 0 saturated carbocycles. The average Bonchev–Trinajstić information content (AvgIpc) is 2.47. The molecule has 19 heavy (non-hydrogen) atoms. The van der Waals surface area contributed by atoms with Crippen LogP contribution in [0.25, 0.3) is 0 Å². The summed E-state index contributed by atoms with van der Waals surface area (Å²) in [7, 11) is 0. The Bertz CT molecular complexity index is 549. The molecular weight excluding hydrogens is 236 g/mol. The normalized spacial score (nSPS) is 12.3. The van der Waals surface area contributed by atoms with Crippen molar-refractivity contribution in [2.24, 2.45) is 10.7 Å². The molecule has 0 aromatic heterocycles. The van der Waals surface area contributed by atoms with Gasteiger partial charge in [-0.05, 0) is 5.56 Å². The first-order valence-electron chi connectivity index (χ1n) is 6.00. The number of hydrogen-bond donors (Lipinski definition) is 3. The van der Waals surface area contributed by atoms with Crippen LogP contribution in [0.4, 0.5) is 0 Å². The van der Waals surface area contributed by atoms with E-state index in [1.165, 1.54) is 0 Å². The molecule has 4 heteroatoms. The van der Waals surface area contributed by atoms with Crippen LogP contribution in [-0.2, 0) is 0 Å². The number of aliphatic imine (C=N–C) groups is 1. The highest BCUT2D eigenvalue weighted by Crippen LogP contribution is 1.98. The molecule has 0 heterocycles. The molecule has 2 aromatic rings. The molecule has 0 aliphatic carbocycles. The topological polar surface area (TPSA) is 74.3 Å². The van der Waals surface area contributed by atoms with E-state index < -0.39 is 6.29 Å². The minimum Gasteiger partial charge on any atom is -0.336 e. The van der Waals surface area contributed by atoms with E-state index in [0.717, 1.165) is 11.1 Å². The highest BCUT2D eigenvalue weighted by molar-refractivity contribution is 5.96. The van der Waals surface area contributed by atoms with Crippen molar-refractivity contribution in [3.8, 4) is 0 Å². The molecule has 1 atom stereocenters. The van der Waals surface area contributed by atoms with E-state index in [4.69, 9.17) is 11.1 Å². The van der Waals surface area contributed by atoms with Crippen molar-refractivity contribution in [2.45, 2.75) is 6.29 Å². The minimum atomic E-state index is -0.632. The van der Waals surface area contributed by atoms with Gasteiger partial charge >= 0.3 is 0 Å². The van der Waals surface area contributed by atoms with Gasteiger partial charge in [0.25, 0.3) is 0 Å². The van der Waals surface area contributed by atoms with Crippen LogP contribution in [-0.4, -0.2) is 18.3 Å². The lowest BCUT2D eigenvalue weighted by molar-refractivity contribution is 0.669. The van der Waals surface area contributed by atoms with Crippen molar-refractivity contribution < 1.29 is 0 Å². The van der Waals surface area contributed by atoms with Crippen molar-refractivity contribution >= 4 is 12.1 Å². The maximum atomic E-state index is 7.88. The SMILES string of the molecule is N=C(NC(N)/N=C/c1ccccc1)c1ccccc1. The van der Waals surface area contributed by atoms with Gasteiger partial charge in [0.2, 0.25) is 0 Å². The van der Waals surface area contributed by atoms with Crippen molar-refractivity contribution in [2.75, 3.05) is 0 Å². The summed E-state index contributed by atoms with van der Waals surface area (Å²) in [5, 5.41) is 10.7. The van der Waals surface area contributed by atoms with E-state index in [0.29, 0.717) is 0 Å². The number of nitrogens with zero attached hydrogens (tertiary/aromatic N) is 1. The van der Waals surface area contributed by atoms with Gasteiger partial charge in [-0.15, -0.1) is 0 Å². The summed E-state index contributed by atoms with van der Waals surface area (Å²) in [4.78, 5) is 4.16. The largest absolute Gasteiger partial charge is 0.336 e. The number of hydrogen-bond acceptors (Lipinski definition) is 3. The van der Waals surface area contributed by atoms with Gasteiger partial charge in [-0.1, -0.05) is 60.7 Å². The first kappa shape index (κ1) is 13.0. The van der Waals surface area contributed by atoms with E-state index in [9.17, 15) is 0 Å². The maximum Gasteiger partial charge on any atom is 0.172 e. The fraction of sp³-hybridized carbons (Fsp3) is 0.0667. The Labute approximate surface area is 112 Å². The Morgan fingerprint density at radius 3 is 2.26 bits per heavy atom. The zero-order valence-electron chi connectivity index (χ0n) is 10.5. The monoisotopic (exact) mass is 252 g/mol. The van der Waals surface area contributed by atoms with E-state index in [-0.39, 0.29) is 5.84 Å². The highest BCUT2D eigenvalue weighted by atomic mass is 15.2. The maximum absolute atomic E-state index is 7.88. The Hall–Kier alpha value is -2.46. The molecule has 0 bridgehead atoms. The highest BCUT2D eigenvalue weighted by Gasteiger charge is 2.03. The van der Waals surface area contributed by atoms with Gasteiger partial charge in [0.15, 0.2) is 6.29 Å². The third-order valence-corrected chi connectivity index (χ3v) is 2.54. The van der Waals surface area contributed by atoms with Gasteiger partial charge in [0, 0.05) is 11.8 Å². The Morgan fingerprint density at radius 2 is 1.63 bits per heavy atom. The van der Waals surface area contributed by atoms with Crippen LogP contribution in [0.2, 0.25) is 0 Å². The number of nitrogens with two attached hydrogens (primary N) is 1. The van der Waals surface area contributed by atoms with Crippen molar-refractivity contribution in [3.05, 3.63) is 71.8 Å². The van der Waals surface area contributed by atoms with Gasteiger partial charge in [-0.25, -0.2) is 0 Å². The van der Waals surface area contributed by atoms with Crippen molar-refractivity contribution in [3.63, 3.8) is 0 Å². The molecule has 0 amide bonds. The third-order valence-electron chi connectivity index (χ3n) is 2.54. The Balaban J connectivity index is 1.93. The molecule has 0 aliphatic heterocycles. The summed E-state index contributed by atoms with van der Waals surface area (Å²) in [6.07, 6.45) is 1.06. The Kier molecular flexibility index (Phi) is 4.42. The second kappa shape index (κ2) is 6.47. The van der Waals surface area contributed by atoms with Crippen LogP contribution in [0, 0.1) is 5.41 Å². The molecule has 1 unspecified atom stereocenters. The van der Waals surface area contributed by atoms with E-state index in [1.54, 1.807) is 6.21 Å². The van der Waals surface area contributed by atoms with Crippen LogP contribution in [0.5, 0.6) is 0 Å². The second-order valence-electron chi connectivity index (χ2n) is 4.02. The number of benzene rings is 2. The third kappa shape index (κ3) is 4.04. The molecule has 0 aliphatic rings. The van der Waals surface area contributed by atoms with Crippen LogP contribution in [0.1, 0.15) is 11.1 Å². The molecule has 4 N–H and O–H groups in total. The molecule has 0 radical (unpaired) electrons. The molecular formula is C15H16N4. The summed E-state index contributed by atoms with van der Waals surface area (Å²) in [6.45, 7) is 0. The summed E-state index contributed by atoms with van der Waals surface area (Å²) in [6, 6.07) is 19.1. The lowest BCUT2D eigenvalue weighted by atomic mass is 10.2. The molecule has 4 nitrogen and oxygen atoms in total. The lowest BCUT2D eigenvalue weighted by Crippen LogP contribution is -2.40. The van der Waals surface area contributed by atoms with Gasteiger partial charge < -0.3 is 5.32 Å². The van der Waals surface area contributed by atoms with Crippen LogP contribution in [0.15, 0.2) is 65.7 Å². The summed E-state index contributed by atoms with van der Waals surface area (Å²) in [5.41, 5.74) is 7.57. The van der Waals surface area contributed by atoms with Crippen molar-refractivity contribution in [1.29, 1.82) is 5.41 Å². The zero-order chi connectivity index (χ0) is 13.5. The number of nitrogens with one attached hydrogen (secondary N) is 2. The number of amidine groups is 1. The predicted octanol–water partition coefficient (Wildman–Crippen LogP) is 1.96. The summed E-state index contributed by atoms with van der Waals surface area (Å²) in [5.74, 6) is 0.262. The first-order chi connectivity index (χ1) is 9.25. The minimum absolute atomic E-state index is 0.262. The zero-order valence-corrected chi connectivity index (χ0v) is 10.5. The van der Waals surface area contributed by atoms with Crippen LogP contribution < -0.4 is 11.1 Å². The second-order valence-corrected chi connectivity index (χ2v) is 4.02. The van der Waals surface area contributed by atoms with Crippen LogP contribution >= 0.6 is 0 Å². The molecule has 0 spiro atoms. The van der Waals surface area contributed by atoms with Gasteiger partial charge in [0.1, 0.15) is 5.84 Å². The molecule has 0 fully saturated rings. The standard InChI is InChI=1S/C15H16N4/c16-14(13-9-5-2-6-10-13)19-15(17)18-11-12-7-3-1-4-8-12/h1-11,15H,17H2,(H2,16,19)/b18-11+. The number of rotatable bonds is 4. The summed E-state index contributed by atoms with van der Waals surface area (Å²) < 4.78 is 0. The predicted molar refractivity (Wildman–Crippen MR) is 78.4 cm³/mol. The molecule has 0 saturated heterocycles. The molecule has 2 rings (SSSR count). The quantitative estimate of drug-likeness (QED) is 0.442. The Morgan fingerprint density at radius 1 is 1.05 bits per heavy atom. The lowest BCUT2D eigenvalue weighted by Gasteiger charge is -2.11. The van der Waals surface area contributed by atoms with Gasteiger partial charge in [0.05, 0.1) is 0 Å². The summed E-state index contributed by atoms with van der Waals surface area (Å²) >= 11 is 0. The van der Waals surface area contributed by atoms with Gasteiger partial charge in [-0.3, -0.25) is 16.1 Å². The van der Waals surface area contributed by atoms with E-state index in [2.05, 4.69) is 10.3 Å². The smallest absolute Gasteiger partial charge is 0.172 e. The van der Waals surface area contributed by atoms with E-state index >= 15 is 0 Å². The first-order valence-corrected chi connectivity index (χ1v) is 6.00. The fourth-order valence-electron chi connectivity index (χ4n) is 1.58. The molecule has 2 aromatic carbocycles. The molecule has 96 valence electrons. The van der Waals surface area contributed by atoms with Crippen LogP contribution in [0.3, 0.4) is 0 Å². The fourth-order valence-corrected chi connectivity index (χ4v) is 1.58. The average molecular weight is 252 g/mol. The van der Waals surface area contributed by atoms with Gasteiger partial charge in [-0.2, -0.15) is 0 Å². The van der Waals surface area contributed by atoms with E-state index in [1.807, 2.05) is 60.7 Å².